The highest BCUT2D eigenvalue weighted by Gasteiger charge is 2.12. The van der Waals surface area contributed by atoms with E-state index in [0.717, 1.165) is 16.8 Å². The van der Waals surface area contributed by atoms with Crippen molar-refractivity contribution in [2.24, 2.45) is 0 Å². The summed E-state index contributed by atoms with van der Waals surface area (Å²) in [4.78, 5) is 36.3. The van der Waals surface area contributed by atoms with Crippen molar-refractivity contribution in [2.75, 3.05) is 12.4 Å². The third-order valence-corrected chi connectivity index (χ3v) is 5.03. The molecule has 10 heteroatoms. The van der Waals surface area contributed by atoms with Crippen molar-refractivity contribution in [3.8, 4) is 5.75 Å². The molecular formula is C21H23BrN4O4S. The smallest absolute Gasteiger partial charge is 0.257 e. The van der Waals surface area contributed by atoms with Crippen LogP contribution in [0.1, 0.15) is 34.3 Å². The van der Waals surface area contributed by atoms with Gasteiger partial charge in [-0.1, -0.05) is 12.1 Å². The number of carbonyl (C=O) groups is 3. The lowest BCUT2D eigenvalue weighted by Crippen LogP contribution is -2.48. The van der Waals surface area contributed by atoms with Crippen LogP contribution in [-0.4, -0.2) is 29.9 Å². The Balaban J connectivity index is 1.74. The van der Waals surface area contributed by atoms with Gasteiger partial charge >= 0.3 is 0 Å². The van der Waals surface area contributed by atoms with Crippen LogP contribution in [0.4, 0.5) is 5.69 Å². The van der Waals surface area contributed by atoms with E-state index < -0.39 is 11.8 Å². The molecule has 0 saturated heterocycles. The van der Waals surface area contributed by atoms with Gasteiger partial charge in [-0.15, -0.1) is 0 Å². The van der Waals surface area contributed by atoms with E-state index in [1.807, 2.05) is 32.0 Å². The molecule has 0 bridgehead atoms. The first-order valence-corrected chi connectivity index (χ1v) is 10.5. The van der Waals surface area contributed by atoms with Crippen molar-refractivity contribution in [1.82, 2.24) is 16.2 Å². The molecule has 2 aromatic carbocycles. The molecule has 0 saturated carbocycles. The van der Waals surface area contributed by atoms with Crippen LogP contribution < -0.4 is 26.2 Å². The van der Waals surface area contributed by atoms with Crippen molar-refractivity contribution in [3.63, 3.8) is 0 Å². The van der Waals surface area contributed by atoms with E-state index in [2.05, 4.69) is 37.4 Å². The van der Waals surface area contributed by atoms with Crippen LogP contribution in [0.3, 0.4) is 0 Å². The fourth-order valence-corrected chi connectivity index (χ4v) is 3.20. The van der Waals surface area contributed by atoms with Crippen molar-refractivity contribution >= 4 is 56.7 Å². The Labute approximate surface area is 194 Å². The number of hydrogen-bond acceptors (Lipinski definition) is 5. The number of methoxy groups -OCH3 is 1. The van der Waals surface area contributed by atoms with Gasteiger partial charge in [0.25, 0.3) is 5.91 Å². The molecule has 164 valence electrons. The minimum atomic E-state index is -0.456. The summed E-state index contributed by atoms with van der Waals surface area (Å²) in [6, 6.07) is 10.6. The average Bonchev–Trinajstić information content (AvgIpc) is 2.73. The predicted octanol–water partition coefficient (Wildman–Crippen LogP) is 3.13. The molecule has 2 aromatic rings. The van der Waals surface area contributed by atoms with Gasteiger partial charge < -0.3 is 10.1 Å². The molecule has 0 unspecified atom stereocenters. The van der Waals surface area contributed by atoms with Gasteiger partial charge in [0.15, 0.2) is 5.11 Å². The Bertz CT molecular complexity index is 1010. The molecular weight excluding hydrogens is 484 g/mol. The molecule has 0 atom stereocenters. The highest BCUT2D eigenvalue weighted by molar-refractivity contribution is 9.10. The Morgan fingerprint density at radius 3 is 2.39 bits per heavy atom. The molecule has 0 fully saturated rings. The van der Waals surface area contributed by atoms with E-state index in [-0.39, 0.29) is 23.9 Å². The molecule has 31 heavy (non-hydrogen) atoms. The monoisotopic (exact) mass is 506 g/mol. The molecule has 0 spiro atoms. The quantitative estimate of drug-likeness (QED) is 0.354. The first kappa shape index (κ1) is 24.3. The normalized spacial score (nSPS) is 10.1. The van der Waals surface area contributed by atoms with E-state index in [4.69, 9.17) is 17.0 Å². The lowest BCUT2D eigenvalue weighted by molar-refractivity contribution is -0.124. The summed E-state index contributed by atoms with van der Waals surface area (Å²) in [5.41, 5.74) is 7.84. The van der Waals surface area contributed by atoms with Crippen LogP contribution in [0.15, 0.2) is 40.9 Å². The van der Waals surface area contributed by atoms with Gasteiger partial charge in [-0.2, -0.15) is 0 Å². The molecule has 0 radical (unpaired) electrons. The third kappa shape index (κ3) is 7.65. The Hall–Kier alpha value is -2.98. The van der Waals surface area contributed by atoms with Crippen molar-refractivity contribution in [1.29, 1.82) is 0 Å². The number of halogens is 1. The summed E-state index contributed by atoms with van der Waals surface area (Å²) in [6.07, 6.45) is -0.0500. The predicted molar refractivity (Wildman–Crippen MR) is 126 cm³/mol. The van der Waals surface area contributed by atoms with Crippen LogP contribution in [-0.2, 0) is 9.59 Å². The summed E-state index contributed by atoms with van der Waals surface area (Å²) in [5.74, 6) is -0.584. The summed E-state index contributed by atoms with van der Waals surface area (Å²) >= 11 is 8.31. The van der Waals surface area contributed by atoms with Crippen molar-refractivity contribution < 1.29 is 19.1 Å². The van der Waals surface area contributed by atoms with Gasteiger partial charge in [0, 0.05) is 24.1 Å². The molecule has 0 heterocycles. The van der Waals surface area contributed by atoms with Crippen LogP contribution in [0, 0.1) is 13.8 Å². The fourth-order valence-electron chi connectivity index (χ4n) is 2.51. The number of hydrogen-bond donors (Lipinski definition) is 4. The minimum Gasteiger partial charge on any atom is -0.496 e. The number of benzene rings is 2. The number of nitrogens with one attached hydrogen (secondary N) is 4. The van der Waals surface area contributed by atoms with Crippen LogP contribution in [0.2, 0.25) is 0 Å². The Morgan fingerprint density at radius 2 is 1.71 bits per heavy atom. The number of rotatable bonds is 6. The second kappa shape index (κ2) is 11.4. The van der Waals surface area contributed by atoms with Crippen LogP contribution in [0.5, 0.6) is 5.75 Å². The lowest BCUT2D eigenvalue weighted by Gasteiger charge is -2.12. The molecule has 2 rings (SSSR count). The minimum absolute atomic E-state index is 0.000108. The van der Waals surface area contributed by atoms with Gasteiger partial charge in [-0.3, -0.25) is 30.6 Å². The molecule has 8 nitrogen and oxygen atoms in total. The van der Waals surface area contributed by atoms with Crippen LogP contribution >= 0.6 is 28.1 Å². The molecule has 0 aliphatic heterocycles. The summed E-state index contributed by atoms with van der Waals surface area (Å²) in [5, 5.41) is 5.17. The maximum absolute atomic E-state index is 12.2. The number of anilines is 1. The lowest BCUT2D eigenvalue weighted by atomic mass is 10.1. The van der Waals surface area contributed by atoms with Gasteiger partial charge in [0.2, 0.25) is 11.8 Å². The molecule has 0 aliphatic rings. The van der Waals surface area contributed by atoms with E-state index in [1.165, 1.54) is 7.11 Å². The van der Waals surface area contributed by atoms with E-state index in [1.54, 1.807) is 18.2 Å². The highest BCUT2D eigenvalue weighted by Crippen LogP contribution is 2.25. The summed E-state index contributed by atoms with van der Waals surface area (Å²) in [6.45, 7) is 3.83. The SMILES string of the molecule is COc1ccc(C(=O)NC(=S)NNC(=O)CCC(=O)Nc2cc(C)ccc2C)cc1Br. The second-order valence-electron chi connectivity index (χ2n) is 6.67. The maximum Gasteiger partial charge on any atom is 0.257 e. The summed E-state index contributed by atoms with van der Waals surface area (Å²) in [7, 11) is 1.52. The number of thiocarbonyl (C=S) groups is 1. The molecule has 0 aromatic heterocycles. The van der Waals surface area contributed by atoms with Crippen molar-refractivity contribution in [3.05, 3.63) is 57.6 Å². The number of hydrazine groups is 1. The largest absolute Gasteiger partial charge is 0.496 e. The van der Waals surface area contributed by atoms with Gasteiger partial charge in [0.1, 0.15) is 5.75 Å². The topological polar surface area (TPSA) is 109 Å². The molecule has 0 aliphatic carbocycles. The fraction of sp³-hybridized carbons (Fsp3) is 0.238. The first-order chi connectivity index (χ1) is 14.7. The Kier molecular flexibility index (Phi) is 8.95. The number of amides is 3. The zero-order valence-corrected chi connectivity index (χ0v) is 19.7. The van der Waals surface area contributed by atoms with E-state index in [0.29, 0.717) is 15.8 Å². The van der Waals surface area contributed by atoms with Crippen LogP contribution in [0.25, 0.3) is 0 Å². The van der Waals surface area contributed by atoms with E-state index in [9.17, 15) is 14.4 Å². The maximum atomic E-state index is 12.2. The zero-order valence-electron chi connectivity index (χ0n) is 17.3. The standard InChI is InChI=1S/C21H23BrN4O4S/c1-12-4-5-13(2)16(10-12)23-18(27)8-9-19(28)25-26-21(31)24-20(29)14-6-7-17(30-3)15(22)11-14/h4-7,10-11H,8-9H2,1-3H3,(H,23,27)(H,25,28)(H2,24,26,29,31). The number of ether oxygens (including phenoxy) is 1. The zero-order chi connectivity index (χ0) is 23.0. The Morgan fingerprint density at radius 1 is 1.00 bits per heavy atom. The van der Waals surface area contributed by atoms with Gasteiger partial charge in [-0.25, -0.2) is 0 Å². The average molecular weight is 507 g/mol. The molecule has 3 amide bonds. The molecule has 4 N–H and O–H groups in total. The van der Waals surface area contributed by atoms with Gasteiger partial charge in [0.05, 0.1) is 11.6 Å². The first-order valence-electron chi connectivity index (χ1n) is 9.30. The number of carbonyl (C=O) groups excluding carboxylic acids is 3. The highest BCUT2D eigenvalue weighted by atomic mass is 79.9. The second-order valence-corrected chi connectivity index (χ2v) is 7.93. The van der Waals surface area contributed by atoms with Gasteiger partial charge in [-0.05, 0) is 77.4 Å². The number of aryl methyl sites for hydroxylation is 2. The third-order valence-electron chi connectivity index (χ3n) is 4.20. The summed E-state index contributed by atoms with van der Waals surface area (Å²) < 4.78 is 5.74. The van der Waals surface area contributed by atoms with E-state index >= 15 is 0 Å². The van der Waals surface area contributed by atoms with Crippen molar-refractivity contribution in [2.45, 2.75) is 26.7 Å².